The molecule has 0 radical (unpaired) electrons. The van der Waals surface area contributed by atoms with E-state index in [0.29, 0.717) is 27.1 Å². The average molecular weight is 384 g/mol. The number of benzene rings is 1. The molecule has 0 aliphatic carbocycles. The van der Waals surface area contributed by atoms with Crippen LogP contribution in [-0.4, -0.2) is 15.2 Å². The molecular formula is C14H9BrCl2N4. The highest BCUT2D eigenvalue weighted by molar-refractivity contribution is 9.10. The van der Waals surface area contributed by atoms with Gasteiger partial charge in [-0.05, 0) is 40.2 Å². The summed E-state index contributed by atoms with van der Waals surface area (Å²) in [5.74, 6) is 0.404. The number of aromatic nitrogens is 3. The number of anilines is 1. The molecule has 0 spiro atoms. The van der Waals surface area contributed by atoms with Crippen LogP contribution in [0.3, 0.4) is 0 Å². The number of hydrogen-bond donors (Lipinski definition) is 2. The smallest absolute Gasteiger partial charge is 0.132 e. The summed E-state index contributed by atoms with van der Waals surface area (Å²) in [5.41, 5.74) is 8.73. The molecule has 7 heteroatoms. The van der Waals surface area contributed by atoms with Gasteiger partial charge in [-0.3, -0.25) is 5.10 Å². The van der Waals surface area contributed by atoms with Gasteiger partial charge in [0.05, 0.1) is 21.4 Å². The van der Waals surface area contributed by atoms with E-state index in [1.807, 2.05) is 12.1 Å². The van der Waals surface area contributed by atoms with Gasteiger partial charge >= 0.3 is 0 Å². The quantitative estimate of drug-likeness (QED) is 0.668. The summed E-state index contributed by atoms with van der Waals surface area (Å²) < 4.78 is 0.826. The van der Waals surface area contributed by atoms with Gasteiger partial charge in [-0.15, -0.1) is 0 Å². The summed E-state index contributed by atoms with van der Waals surface area (Å²) in [6.45, 7) is 0. The van der Waals surface area contributed by atoms with Crippen LogP contribution < -0.4 is 5.73 Å². The van der Waals surface area contributed by atoms with Crippen LogP contribution in [0, 0.1) is 0 Å². The monoisotopic (exact) mass is 382 g/mol. The second kappa shape index (κ2) is 5.67. The van der Waals surface area contributed by atoms with Gasteiger partial charge in [-0.1, -0.05) is 29.3 Å². The minimum absolute atomic E-state index is 0.404. The van der Waals surface area contributed by atoms with Gasteiger partial charge in [-0.25, -0.2) is 4.98 Å². The van der Waals surface area contributed by atoms with Gasteiger partial charge in [0.15, 0.2) is 0 Å². The van der Waals surface area contributed by atoms with Crippen molar-refractivity contribution in [2.24, 2.45) is 0 Å². The van der Waals surface area contributed by atoms with Crippen LogP contribution in [0.4, 0.5) is 5.82 Å². The number of nitrogens with two attached hydrogens (primary N) is 1. The lowest BCUT2D eigenvalue weighted by Gasteiger charge is -2.03. The molecule has 3 rings (SSSR count). The maximum atomic E-state index is 6.20. The standard InChI is InChI=1S/C14H9BrCl2N4/c15-7-4-8(14(18)19-6-7)11-5-12(21-20-11)13-9(16)2-1-3-10(13)17/h1-6H,(H2,18,19)(H,20,21). The number of aromatic amines is 1. The Balaban J connectivity index is 2.10. The average Bonchev–Trinajstić information content (AvgIpc) is 2.90. The second-order valence-electron chi connectivity index (χ2n) is 4.35. The fraction of sp³-hybridized carbons (Fsp3) is 0. The second-order valence-corrected chi connectivity index (χ2v) is 6.08. The largest absolute Gasteiger partial charge is 0.383 e. The van der Waals surface area contributed by atoms with Crippen molar-refractivity contribution < 1.29 is 0 Å². The van der Waals surface area contributed by atoms with Crippen LogP contribution in [0.2, 0.25) is 10.0 Å². The molecule has 0 bridgehead atoms. The third kappa shape index (κ3) is 2.77. The first-order valence-electron chi connectivity index (χ1n) is 5.97. The summed E-state index contributed by atoms with van der Waals surface area (Å²) in [4.78, 5) is 4.10. The molecule has 2 aromatic heterocycles. The molecule has 3 N–H and O–H groups in total. The highest BCUT2D eigenvalue weighted by Crippen LogP contribution is 2.35. The van der Waals surface area contributed by atoms with Crippen LogP contribution in [0.25, 0.3) is 22.5 Å². The number of nitrogen functional groups attached to an aromatic ring is 1. The summed E-state index contributed by atoms with van der Waals surface area (Å²) in [6.07, 6.45) is 1.64. The Bertz CT molecular complexity index is 796. The van der Waals surface area contributed by atoms with E-state index in [9.17, 15) is 0 Å². The summed E-state index contributed by atoms with van der Waals surface area (Å²) in [6, 6.07) is 9.04. The number of nitrogens with one attached hydrogen (secondary N) is 1. The van der Waals surface area contributed by atoms with Gasteiger partial charge in [0.1, 0.15) is 5.82 Å². The molecule has 3 aromatic rings. The number of pyridine rings is 1. The molecule has 0 saturated carbocycles. The highest BCUT2D eigenvalue weighted by atomic mass is 79.9. The molecule has 0 unspecified atom stereocenters. The van der Waals surface area contributed by atoms with Crippen molar-refractivity contribution in [1.29, 1.82) is 0 Å². The van der Waals surface area contributed by atoms with Gasteiger partial charge in [0.2, 0.25) is 0 Å². The Morgan fingerprint density at radius 1 is 1.14 bits per heavy atom. The molecule has 0 fully saturated rings. The Kier molecular flexibility index (Phi) is 3.89. The molecule has 2 heterocycles. The third-order valence-electron chi connectivity index (χ3n) is 2.97. The van der Waals surface area contributed by atoms with Crippen LogP contribution in [0.5, 0.6) is 0 Å². The summed E-state index contributed by atoms with van der Waals surface area (Å²) in [7, 11) is 0. The molecule has 106 valence electrons. The predicted molar refractivity (Wildman–Crippen MR) is 89.4 cm³/mol. The topological polar surface area (TPSA) is 67.6 Å². The lowest BCUT2D eigenvalue weighted by atomic mass is 10.1. The van der Waals surface area contributed by atoms with Crippen molar-refractivity contribution in [1.82, 2.24) is 15.2 Å². The van der Waals surface area contributed by atoms with Crippen molar-refractivity contribution in [3.8, 4) is 22.5 Å². The Morgan fingerprint density at radius 3 is 2.57 bits per heavy atom. The van der Waals surface area contributed by atoms with E-state index in [2.05, 4.69) is 31.1 Å². The van der Waals surface area contributed by atoms with E-state index in [4.69, 9.17) is 28.9 Å². The first-order valence-corrected chi connectivity index (χ1v) is 7.52. The molecule has 0 aliphatic rings. The molecule has 0 aliphatic heterocycles. The van der Waals surface area contributed by atoms with Crippen LogP contribution >= 0.6 is 39.1 Å². The fourth-order valence-electron chi connectivity index (χ4n) is 2.00. The third-order valence-corrected chi connectivity index (χ3v) is 4.03. The molecule has 21 heavy (non-hydrogen) atoms. The van der Waals surface area contributed by atoms with E-state index in [0.717, 1.165) is 15.7 Å². The van der Waals surface area contributed by atoms with Crippen molar-refractivity contribution in [3.05, 3.63) is 51.0 Å². The highest BCUT2D eigenvalue weighted by Gasteiger charge is 2.14. The van der Waals surface area contributed by atoms with Gasteiger partial charge in [-0.2, -0.15) is 5.10 Å². The molecule has 1 aromatic carbocycles. The lowest BCUT2D eigenvalue weighted by Crippen LogP contribution is -1.93. The van der Waals surface area contributed by atoms with Crippen molar-refractivity contribution in [2.45, 2.75) is 0 Å². The van der Waals surface area contributed by atoms with Gasteiger partial charge in [0.25, 0.3) is 0 Å². The van der Waals surface area contributed by atoms with Crippen molar-refractivity contribution in [3.63, 3.8) is 0 Å². The predicted octanol–water partition coefficient (Wildman–Crippen LogP) is 4.79. The number of H-pyrrole nitrogens is 1. The SMILES string of the molecule is Nc1ncc(Br)cc1-c1cc(-c2c(Cl)cccc2Cl)[nH]n1. The van der Waals surface area contributed by atoms with Crippen LogP contribution in [0.1, 0.15) is 0 Å². The number of nitrogens with zero attached hydrogens (tertiary/aromatic N) is 2. The molecule has 0 saturated heterocycles. The van der Waals surface area contributed by atoms with Crippen LogP contribution in [-0.2, 0) is 0 Å². The number of halogens is 3. The minimum Gasteiger partial charge on any atom is -0.383 e. The molecular weight excluding hydrogens is 375 g/mol. The number of rotatable bonds is 2. The summed E-state index contributed by atoms with van der Waals surface area (Å²) >= 11 is 15.8. The normalized spacial score (nSPS) is 10.8. The minimum atomic E-state index is 0.404. The molecule has 0 atom stereocenters. The Morgan fingerprint density at radius 2 is 1.86 bits per heavy atom. The zero-order valence-electron chi connectivity index (χ0n) is 10.6. The lowest BCUT2D eigenvalue weighted by molar-refractivity contribution is 1.10. The first-order chi connectivity index (χ1) is 10.1. The van der Waals surface area contributed by atoms with Gasteiger partial charge in [0, 0.05) is 21.8 Å². The van der Waals surface area contributed by atoms with Crippen molar-refractivity contribution >= 4 is 44.9 Å². The van der Waals surface area contributed by atoms with E-state index < -0.39 is 0 Å². The van der Waals surface area contributed by atoms with E-state index in [1.165, 1.54) is 0 Å². The van der Waals surface area contributed by atoms with Crippen LogP contribution in [0.15, 0.2) is 41.0 Å². The summed E-state index contributed by atoms with van der Waals surface area (Å²) in [5, 5.41) is 8.30. The first kappa shape index (κ1) is 14.4. The van der Waals surface area contributed by atoms with Crippen molar-refractivity contribution in [2.75, 3.05) is 5.73 Å². The Hall–Kier alpha value is -1.56. The number of hydrogen-bond acceptors (Lipinski definition) is 3. The van der Waals surface area contributed by atoms with E-state index >= 15 is 0 Å². The van der Waals surface area contributed by atoms with E-state index in [-0.39, 0.29) is 0 Å². The maximum absolute atomic E-state index is 6.20. The Labute approximate surface area is 139 Å². The zero-order chi connectivity index (χ0) is 15.0. The van der Waals surface area contributed by atoms with E-state index in [1.54, 1.807) is 24.4 Å². The zero-order valence-corrected chi connectivity index (χ0v) is 13.7. The fourth-order valence-corrected chi connectivity index (χ4v) is 2.93. The molecule has 0 amide bonds. The maximum Gasteiger partial charge on any atom is 0.132 e. The van der Waals surface area contributed by atoms with Gasteiger partial charge < -0.3 is 5.73 Å². The molecule has 4 nitrogen and oxygen atoms in total.